The largest absolute Gasteiger partial charge is 0.508 e. The monoisotopic (exact) mass is 320 g/mol. The Morgan fingerprint density at radius 1 is 1.23 bits per heavy atom. The normalized spacial score (nSPS) is 14.1. The van der Waals surface area contributed by atoms with Gasteiger partial charge in [-0.25, -0.2) is 8.42 Å². The van der Waals surface area contributed by atoms with Crippen molar-refractivity contribution in [1.82, 2.24) is 0 Å². The van der Waals surface area contributed by atoms with Gasteiger partial charge in [0.15, 0.2) is 0 Å². The number of sulfonamides is 1. The smallest absolute Gasteiger partial charge is 0.261 e. The maximum atomic E-state index is 12.5. The lowest BCUT2D eigenvalue weighted by molar-refractivity contribution is 0.311. The molecule has 2 N–H and O–H groups in total. The average molecular weight is 320 g/mol. The number of rotatable bonds is 3. The molecule has 0 spiro atoms. The third-order valence-corrected chi connectivity index (χ3v) is 4.81. The first-order valence-corrected chi connectivity index (χ1v) is 8.24. The fraction of sp³-hybridized carbons (Fsp3) is 0.200. The molecule has 0 radical (unpaired) electrons. The predicted octanol–water partition coefficient (Wildman–Crippen LogP) is 2.02. The first kappa shape index (κ1) is 14.5. The number of nitrogens with zero attached hydrogens (tertiary/aromatic N) is 1. The highest BCUT2D eigenvalue weighted by Gasteiger charge is 2.20. The van der Waals surface area contributed by atoms with Gasteiger partial charge in [-0.3, -0.25) is 4.72 Å². The van der Waals surface area contributed by atoms with E-state index in [0.29, 0.717) is 24.6 Å². The van der Waals surface area contributed by atoms with Gasteiger partial charge in [-0.15, -0.1) is 0 Å². The molecule has 0 amide bonds. The Balaban J connectivity index is 1.94. The van der Waals surface area contributed by atoms with E-state index in [0.717, 1.165) is 5.69 Å². The number of nitrogens with one attached hydrogen (secondary N) is 1. The molecule has 0 aliphatic carbocycles. The van der Waals surface area contributed by atoms with Crippen LogP contribution in [0.5, 0.6) is 11.5 Å². The standard InChI is InChI=1S/C15H16N2O4S/c1-17-7-8-21-15-6-5-13(10-14(15)17)22(19,20)16-11-3-2-4-12(18)9-11/h2-6,9-10,16,18H,7-8H2,1H3. The van der Waals surface area contributed by atoms with E-state index in [4.69, 9.17) is 4.74 Å². The van der Waals surface area contributed by atoms with Crippen molar-refractivity contribution in [2.24, 2.45) is 0 Å². The van der Waals surface area contributed by atoms with Crippen LogP contribution in [0.15, 0.2) is 47.4 Å². The van der Waals surface area contributed by atoms with E-state index in [2.05, 4.69) is 4.72 Å². The molecule has 116 valence electrons. The highest BCUT2D eigenvalue weighted by atomic mass is 32.2. The number of fused-ring (bicyclic) bond motifs is 1. The van der Waals surface area contributed by atoms with Gasteiger partial charge in [0, 0.05) is 13.1 Å². The lowest BCUT2D eigenvalue weighted by Crippen LogP contribution is -2.29. The van der Waals surface area contributed by atoms with Gasteiger partial charge in [-0.05, 0) is 30.3 Å². The van der Waals surface area contributed by atoms with Crippen LogP contribution >= 0.6 is 0 Å². The van der Waals surface area contributed by atoms with E-state index in [9.17, 15) is 13.5 Å². The molecule has 7 heteroatoms. The molecule has 0 unspecified atom stereocenters. The average Bonchev–Trinajstić information content (AvgIpc) is 2.47. The van der Waals surface area contributed by atoms with Crippen LogP contribution in [-0.4, -0.2) is 33.7 Å². The Labute approximate surface area is 129 Å². The Kier molecular flexibility index (Phi) is 3.58. The number of likely N-dealkylation sites (N-methyl/N-ethyl adjacent to an activating group) is 1. The number of aromatic hydroxyl groups is 1. The summed E-state index contributed by atoms with van der Waals surface area (Å²) in [5.74, 6) is 0.670. The summed E-state index contributed by atoms with van der Waals surface area (Å²) in [7, 11) is -1.84. The van der Waals surface area contributed by atoms with Gasteiger partial charge in [-0.1, -0.05) is 6.07 Å². The highest BCUT2D eigenvalue weighted by molar-refractivity contribution is 7.92. The molecule has 0 atom stereocenters. The summed E-state index contributed by atoms with van der Waals surface area (Å²) in [5, 5.41) is 9.42. The predicted molar refractivity (Wildman–Crippen MR) is 84.1 cm³/mol. The van der Waals surface area contributed by atoms with Gasteiger partial charge < -0.3 is 14.7 Å². The Morgan fingerprint density at radius 2 is 2.05 bits per heavy atom. The lowest BCUT2D eigenvalue weighted by Gasteiger charge is -2.28. The van der Waals surface area contributed by atoms with Crippen molar-refractivity contribution >= 4 is 21.4 Å². The number of hydrogen-bond donors (Lipinski definition) is 2. The van der Waals surface area contributed by atoms with Crippen LogP contribution in [0, 0.1) is 0 Å². The molecule has 3 rings (SSSR count). The van der Waals surface area contributed by atoms with Gasteiger partial charge >= 0.3 is 0 Å². The fourth-order valence-corrected chi connectivity index (χ4v) is 3.35. The second-order valence-electron chi connectivity index (χ2n) is 5.06. The minimum absolute atomic E-state index is 0.00113. The van der Waals surface area contributed by atoms with Crippen molar-refractivity contribution in [3.63, 3.8) is 0 Å². The first-order valence-electron chi connectivity index (χ1n) is 6.75. The van der Waals surface area contributed by atoms with Crippen LogP contribution in [-0.2, 0) is 10.0 Å². The molecular weight excluding hydrogens is 304 g/mol. The van der Waals surface area contributed by atoms with Crippen LogP contribution in [0.1, 0.15) is 0 Å². The number of hydrogen-bond acceptors (Lipinski definition) is 5. The molecule has 1 heterocycles. The second-order valence-corrected chi connectivity index (χ2v) is 6.74. The van der Waals surface area contributed by atoms with Gasteiger partial charge in [-0.2, -0.15) is 0 Å². The molecule has 2 aromatic rings. The van der Waals surface area contributed by atoms with Crippen molar-refractivity contribution in [2.75, 3.05) is 29.8 Å². The molecule has 6 nitrogen and oxygen atoms in total. The van der Waals surface area contributed by atoms with Crippen molar-refractivity contribution in [3.8, 4) is 11.5 Å². The zero-order valence-electron chi connectivity index (χ0n) is 12.0. The topological polar surface area (TPSA) is 78.9 Å². The number of phenols is 1. The van der Waals surface area contributed by atoms with Crippen molar-refractivity contribution in [3.05, 3.63) is 42.5 Å². The van der Waals surface area contributed by atoms with Crippen LogP contribution in [0.4, 0.5) is 11.4 Å². The van der Waals surface area contributed by atoms with Crippen molar-refractivity contribution in [2.45, 2.75) is 4.90 Å². The van der Waals surface area contributed by atoms with Crippen LogP contribution in [0.3, 0.4) is 0 Å². The zero-order chi connectivity index (χ0) is 15.7. The van der Waals surface area contributed by atoms with Crippen molar-refractivity contribution < 1.29 is 18.3 Å². The third-order valence-electron chi connectivity index (χ3n) is 3.43. The van der Waals surface area contributed by atoms with Crippen LogP contribution < -0.4 is 14.4 Å². The third kappa shape index (κ3) is 2.80. The summed E-state index contributed by atoms with van der Waals surface area (Å²) in [5.41, 5.74) is 1.05. The number of anilines is 2. The molecule has 2 aromatic carbocycles. The van der Waals surface area contributed by atoms with E-state index in [1.165, 1.54) is 18.2 Å². The van der Waals surface area contributed by atoms with E-state index < -0.39 is 10.0 Å². The SMILES string of the molecule is CN1CCOc2ccc(S(=O)(=O)Nc3cccc(O)c3)cc21. The number of benzene rings is 2. The molecule has 0 bridgehead atoms. The van der Waals surface area contributed by atoms with Gasteiger partial charge in [0.2, 0.25) is 0 Å². The van der Waals surface area contributed by atoms with E-state index in [1.807, 2.05) is 11.9 Å². The summed E-state index contributed by atoms with van der Waals surface area (Å²) >= 11 is 0. The molecule has 0 saturated carbocycles. The summed E-state index contributed by atoms with van der Waals surface area (Å²) in [6.45, 7) is 1.29. The Bertz CT molecular complexity index is 805. The Morgan fingerprint density at radius 3 is 2.82 bits per heavy atom. The van der Waals surface area contributed by atoms with E-state index >= 15 is 0 Å². The molecule has 1 aliphatic rings. The van der Waals surface area contributed by atoms with Gasteiger partial charge in [0.1, 0.15) is 18.1 Å². The minimum Gasteiger partial charge on any atom is -0.508 e. The van der Waals surface area contributed by atoms with E-state index in [-0.39, 0.29) is 10.6 Å². The first-order chi connectivity index (χ1) is 10.5. The number of ether oxygens (including phenoxy) is 1. The second kappa shape index (κ2) is 5.42. The lowest BCUT2D eigenvalue weighted by atomic mass is 10.2. The maximum absolute atomic E-state index is 12.5. The van der Waals surface area contributed by atoms with Gasteiger partial charge in [0.05, 0.1) is 22.8 Å². The summed E-state index contributed by atoms with van der Waals surface area (Å²) < 4.78 is 32.9. The quantitative estimate of drug-likeness (QED) is 0.904. The summed E-state index contributed by atoms with van der Waals surface area (Å²) in [6.07, 6.45) is 0. The molecule has 1 aliphatic heterocycles. The Hall–Kier alpha value is -2.41. The fourth-order valence-electron chi connectivity index (χ4n) is 2.28. The van der Waals surface area contributed by atoms with Crippen LogP contribution in [0.25, 0.3) is 0 Å². The summed E-state index contributed by atoms with van der Waals surface area (Å²) in [4.78, 5) is 2.10. The van der Waals surface area contributed by atoms with Crippen LogP contribution in [0.2, 0.25) is 0 Å². The minimum atomic E-state index is -3.73. The molecular formula is C15H16N2O4S. The van der Waals surface area contributed by atoms with E-state index in [1.54, 1.807) is 24.3 Å². The summed E-state index contributed by atoms with van der Waals surface area (Å²) in [6, 6.07) is 10.7. The molecule has 22 heavy (non-hydrogen) atoms. The molecule has 0 fully saturated rings. The highest BCUT2D eigenvalue weighted by Crippen LogP contribution is 2.33. The van der Waals surface area contributed by atoms with Crippen molar-refractivity contribution in [1.29, 1.82) is 0 Å². The maximum Gasteiger partial charge on any atom is 0.261 e. The molecule has 0 saturated heterocycles. The number of phenolic OH excluding ortho intramolecular Hbond substituents is 1. The zero-order valence-corrected chi connectivity index (χ0v) is 12.8. The van der Waals surface area contributed by atoms with Gasteiger partial charge in [0.25, 0.3) is 10.0 Å². The molecule has 0 aromatic heterocycles.